The summed E-state index contributed by atoms with van der Waals surface area (Å²) in [4.78, 5) is 13.7. The normalized spacial score (nSPS) is 16.8. The van der Waals surface area contributed by atoms with Crippen LogP contribution in [0.2, 0.25) is 0 Å². The summed E-state index contributed by atoms with van der Waals surface area (Å²) < 4.78 is 5.04. The monoisotopic (exact) mass is 245 g/mol. The molecule has 0 aliphatic heterocycles. The van der Waals surface area contributed by atoms with E-state index in [2.05, 4.69) is 17.1 Å². The van der Waals surface area contributed by atoms with Gasteiger partial charge in [0.15, 0.2) is 0 Å². The van der Waals surface area contributed by atoms with Crippen LogP contribution in [0.1, 0.15) is 27.2 Å². The van der Waals surface area contributed by atoms with Crippen LogP contribution in [0.4, 0.5) is 0 Å². The molecule has 0 spiro atoms. The number of nitrogens with zero attached hydrogens (tertiary/aromatic N) is 1. The molecule has 0 aliphatic rings. The van der Waals surface area contributed by atoms with Crippen molar-refractivity contribution < 1.29 is 9.53 Å². The quantitative estimate of drug-likeness (QED) is 0.609. The largest absolute Gasteiger partial charge is 0.383 e. The molecule has 17 heavy (non-hydrogen) atoms. The number of likely N-dealkylation sites (N-methyl/N-ethyl adjacent to an activating group) is 2. The maximum Gasteiger partial charge on any atom is 0.237 e. The summed E-state index contributed by atoms with van der Waals surface area (Å²) in [5, 5.41) is 3.17. The molecule has 0 fully saturated rings. The molecule has 0 saturated heterocycles. The second-order valence-corrected chi connectivity index (χ2v) is 4.75. The number of nitrogens with one attached hydrogen (secondary N) is 1. The Bertz CT molecular complexity index is 236. The Kier molecular flexibility index (Phi) is 7.34. The number of primary amides is 1. The van der Waals surface area contributed by atoms with Crippen LogP contribution in [0.5, 0.6) is 0 Å². The number of carbonyl (C=O) groups excluding carboxylic acids is 1. The molecule has 2 atom stereocenters. The molecule has 0 aromatic heterocycles. The summed E-state index contributed by atoms with van der Waals surface area (Å²) >= 11 is 0. The van der Waals surface area contributed by atoms with E-state index in [1.54, 1.807) is 7.11 Å². The zero-order valence-corrected chi connectivity index (χ0v) is 11.7. The topological polar surface area (TPSA) is 67.6 Å². The van der Waals surface area contributed by atoms with Gasteiger partial charge in [-0.1, -0.05) is 6.92 Å². The zero-order valence-electron chi connectivity index (χ0n) is 11.7. The first kappa shape index (κ1) is 16.4. The van der Waals surface area contributed by atoms with Gasteiger partial charge in [-0.05, 0) is 33.9 Å². The van der Waals surface area contributed by atoms with E-state index in [0.717, 1.165) is 13.1 Å². The molecule has 102 valence electrons. The van der Waals surface area contributed by atoms with Gasteiger partial charge in [0.25, 0.3) is 0 Å². The molecule has 1 amide bonds. The fourth-order valence-corrected chi connectivity index (χ4v) is 1.85. The van der Waals surface area contributed by atoms with Crippen molar-refractivity contribution in [2.45, 2.75) is 38.8 Å². The van der Waals surface area contributed by atoms with E-state index in [1.165, 1.54) is 0 Å². The van der Waals surface area contributed by atoms with E-state index < -0.39 is 5.54 Å². The molecule has 0 bridgehead atoms. The average Bonchev–Trinajstić information content (AvgIpc) is 2.25. The summed E-state index contributed by atoms with van der Waals surface area (Å²) in [7, 11) is 3.71. The minimum absolute atomic E-state index is 0.265. The lowest BCUT2D eigenvalue weighted by molar-refractivity contribution is -0.124. The smallest absolute Gasteiger partial charge is 0.237 e. The van der Waals surface area contributed by atoms with Gasteiger partial charge in [-0.15, -0.1) is 0 Å². The van der Waals surface area contributed by atoms with Crippen molar-refractivity contribution >= 4 is 5.91 Å². The van der Waals surface area contributed by atoms with Crippen molar-refractivity contribution in [1.29, 1.82) is 0 Å². The lowest BCUT2D eigenvalue weighted by atomic mass is 9.92. The first-order valence-electron chi connectivity index (χ1n) is 6.11. The average molecular weight is 245 g/mol. The van der Waals surface area contributed by atoms with E-state index >= 15 is 0 Å². The standard InChI is InChI=1S/C12H27N3O2/c1-6-14-12(3,11(13)16)9-10(2)15(4)7-8-17-5/h10,14H,6-9H2,1-5H3,(H2,13,16). The Balaban J connectivity index is 4.39. The van der Waals surface area contributed by atoms with Gasteiger partial charge < -0.3 is 20.7 Å². The van der Waals surface area contributed by atoms with Crippen molar-refractivity contribution in [2.75, 3.05) is 33.9 Å². The molecule has 3 N–H and O–H groups in total. The van der Waals surface area contributed by atoms with E-state index in [1.807, 2.05) is 20.9 Å². The number of amides is 1. The summed E-state index contributed by atoms with van der Waals surface area (Å²) in [5.74, 6) is -0.300. The summed E-state index contributed by atoms with van der Waals surface area (Å²) in [6.07, 6.45) is 0.691. The lowest BCUT2D eigenvalue weighted by Gasteiger charge is -2.34. The Labute approximate surface area is 105 Å². The van der Waals surface area contributed by atoms with Gasteiger partial charge in [0.05, 0.1) is 12.1 Å². The SMILES string of the molecule is CCNC(C)(CC(C)N(C)CCOC)C(N)=O. The third-order valence-corrected chi connectivity index (χ3v) is 3.21. The Morgan fingerprint density at radius 2 is 2.18 bits per heavy atom. The van der Waals surface area contributed by atoms with Gasteiger partial charge in [0, 0.05) is 19.7 Å². The van der Waals surface area contributed by atoms with Gasteiger partial charge in [-0.3, -0.25) is 4.79 Å². The molecule has 0 aromatic carbocycles. The van der Waals surface area contributed by atoms with Crippen LogP contribution in [0.3, 0.4) is 0 Å². The number of rotatable bonds is 9. The fourth-order valence-electron chi connectivity index (χ4n) is 1.85. The Hall–Kier alpha value is -0.650. The van der Waals surface area contributed by atoms with E-state index in [0.29, 0.717) is 13.0 Å². The first-order chi connectivity index (χ1) is 7.87. The zero-order chi connectivity index (χ0) is 13.5. The van der Waals surface area contributed by atoms with Crippen LogP contribution >= 0.6 is 0 Å². The Morgan fingerprint density at radius 1 is 1.59 bits per heavy atom. The van der Waals surface area contributed by atoms with E-state index in [9.17, 15) is 4.79 Å². The molecule has 5 nitrogen and oxygen atoms in total. The first-order valence-corrected chi connectivity index (χ1v) is 6.11. The van der Waals surface area contributed by atoms with E-state index in [-0.39, 0.29) is 11.9 Å². The molecule has 5 heteroatoms. The number of methoxy groups -OCH3 is 1. The fraction of sp³-hybridized carbons (Fsp3) is 0.917. The maximum absolute atomic E-state index is 11.5. The molecule has 0 heterocycles. The van der Waals surface area contributed by atoms with Gasteiger partial charge >= 0.3 is 0 Å². The van der Waals surface area contributed by atoms with Crippen molar-refractivity contribution in [1.82, 2.24) is 10.2 Å². The van der Waals surface area contributed by atoms with Gasteiger partial charge in [0.1, 0.15) is 0 Å². The highest BCUT2D eigenvalue weighted by molar-refractivity contribution is 5.84. The molecular formula is C12H27N3O2. The highest BCUT2D eigenvalue weighted by atomic mass is 16.5. The van der Waals surface area contributed by atoms with Gasteiger partial charge in [0.2, 0.25) is 5.91 Å². The van der Waals surface area contributed by atoms with Crippen LogP contribution in [0, 0.1) is 0 Å². The molecule has 0 aliphatic carbocycles. The molecule has 2 unspecified atom stereocenters. The second kappa shape index (κ2) is 7.63. The van der Waals surface area contributed by atoms with Gasteiger partial charge in [-0.25, -0.2) is 0 Å². The van der Waals surface area contributed by atoms with E-state index in [4.69, 9.17) is 10.5 Å². The summed E-state index contributed by atoms with van der Waals surface area (Å²) in [5.41, 5.74) is 4.82. The highest BCUT2D eigenvalue weighted by Crippen LogP contribution is 2.15. The molecule has 0 aromatic rings. The van der Waals surface area contributed by atoms with Crippen LogP contribution in [0.15, 0.2) is 0 Å². The van der Waals surface area contributed by atoms with Crippen molar-refractivity contribution in [3.05, 3.63) is 0 Å². The molecular weight excluding hydrogens is 218 g/mol. The van der Waals surface area contributed by atoms with Crippen LogP contribution in [0.25, 0.3) is 0 Å². The second-order valence-electron chi connectivity index (χ2n) is 4.75. The molecule has 0 rings (SSSR count). The maximum atomic E-state index is 11.5. The van der Waals surface area contributed by atoms with Crippen LogP contribution in [-0.4, -0.2) is 56.2 Å². The number of hydrogen-bond donors (Lipinski definition) is 2. The third kappa shape index (κ3) is 5.48. The van der Waals surface area contributed by atoms with Gasteiger partial charge in [-0.2, -0.15) is 0 Å². The number of hydrogen-bond acceptors (Lipinski definition) is 4. The van der Waals surface area contributed by atoms with Crippen LogP contribution in [-0.2, 0) is 9.53 Å². The third-order valence-electron chi connectivity index (χ3n) is 3.21. The predicted molar refractivity (Wildman–Crippen MR) is 69.9 cm³/mol. The molecule has 0 radical (unpaired) electrons. The van der Waals surface area contributed by atoms with Crippen molar-refractivity contribution in [2.24, 2.45) is 5.73 Å². The Morgan fingerprint density at radius 3 is 2.59 bits per heavy atom. The number of carbonyl (C=O) groups is 1. The lowest BCUT2D eigenvalue weighted by Crippen LogP contribution is -2.56. The summed E-state index contributed by atoms with van der Waals surface area (Å²) in [6, 6.07) is 0.265. The number of nitrogens with two attached hydrogens (primary N) is 1. The highest BCUT2D eigenvalue weighted by Gasteiger charge is 2.32. The van der Waals surface area contributed by atoms with Crippen molar-refractivity contribution in [3.63, 3.8) is 0 Å². The molecule has 0 saturated carbocycles. The minimum Gasteiger partial charge on any atom is -0.383 e. The van der Waals surface area contributed by atoms with Crippen LogP contribution < -0.4 is 11.1 Å². The minimum atomic E-state index is -0.643. The van der Waals surface area contributed by atoms with Crippen molar-refractivity contribution in [3.8, 4) is 0 Å². The summed E-state index contributed by atoms with van der Waals surface area (Å²) in [6.45, 7) is 8.19. The number of ether oxygens (including phenoxy) is 1. The predicted octanol–water partition coefficient (Wildman–Crippen LogP) is 0.197.